The highest BCUT2D eigenvalue weighted by atomic mass is 16.7. The molecular weight excluding hydrogens is 516 g/mol. The van der Waals surface area contributed by atoms with Crippen molar-refractivity contribution in [3.8, 4) is 22.8 Å². The van der Waals surface area contributed by atoms with Crippen LogP contribution in [0.1, 0.15) is 13.8 Å². The van der Waals surface area contributed by atoms with Crippen LogP contribution in [0.5, 0.6) is 11.5 Å². The van der Waals surface area contributed by atoms with Crippen molar-refractivity contribution in [2.75, 3.05) is 0 Å². The van der Waals surface area contributed by atoms with Crippen LogP contribution < -0.4 is 14.9 Å². The van der Waals surface area contributed by atoms with Gasteiger partial charge in [-0.15, -0.1) is 0 Å². The average Bonchev–Trinajstić information content (AvgIpc) is 2.92. The summed E-state index contributed by atoms with van der Waals surface area (Å²) in [5.74, 6) is 0.0951. The summed E-state index contributed by atoms with van der Waals surface area (Å²) in [7, 11) is 0. The molecule has 210 valence electrons. The van der Waals surface area contributed by atoms with Gasteiger partial charge in [-0.05, 0) is 13.8 Å². The molecule has 2 saturated heterocycles. The summed E-state index contributed by atoms with van der Waals surface area (Å²) in [4.78, 5) is 13.3. The smallest absolute Gasteiger partial charge is 0.229 e. The summed E-state index contributed by atoms with van der Waals surface area (Å²) in [6.45, 7) is 2.98. The molecule has 1 aromatic heterocycles. The van der Waals surface area contributed by atoms with E-state index in [9.17, 15) is 35.4 Å². The van der Waals surface area contributed by atoms with Crippen molar-refractivity contribution in [2.45, 2.75) is 75.3 Å². The molecule has 12 nitrogen and oxygen atoms in total. The van der Waals surface area contributed by atoms with Crippen molar-refractivity contribution >= 4 is 11.0 Å². The Balaban J connectivity index is 1.57. The van der Waals surface area contributed by atoms with Crippen molar-refractivity contribution < 1.29 is 54.0 Å². The predicted octanol–water partition coefficient (Wildman–Crippen LogP) is -0.127. The standard InChI is InChI=1S/C27H30O12/c1-11-20(29)22(31)24(33)26(35-11)37-14-8-17-19(15(28)10-16(38-17)13-6-4-3-5-7-13)18(9-14)39-27-25(34)23(32)21(30)12(2)36-27/h3-12,20-27,29-34H,1-2H3. The van der Waals surface area contributed by atoms with Gasteiger partial charge in [0.2, 0.25) is 12.6 Å². The van der Waals surface area contributed by atoms with Crippen LogP contribution in [0.15, 0.2) is 57.7 Å². The van der Waals surface area contributed by atoms with Gasteiger partial charge in [-0.1, -0.05) is 30.3 Å². The SMILES string of the molecule is CC1OC(Oc2cc(OC3OC(C)C(O)C(O)C3O)c3c(=O)cc(-c4ccccc4)oc3c2)C(O)C(O)C1O. The Bertz CT molecular complexity index is 1360. The second kappa shape index (κ2) is 10.8. The monoisotopic (exact) mass is 546 g/mol. The van der Waals surface area contributed by atoms with Gasteiger partial charge in [0.25, 0.3) is 0 Å². The Hall–Kier alpha value is -3.07. The highest BCUT2D eigenvalue weighted by Crippen LogP contribution is 2.35. The Labute approximate surface area is 222 Å². The van der Waals surface area contributed by atoms with E-state index in [1.165, 1.54) is 32.0 Å². The van der Waals surface area contributed by atoms with Gasteiger partial charge < -0.3 is 54.0 Å². The van der Waals surface area contributed by atoms with Gasteiger partial charge in [0.15, 0.2) is 5.43 Å². The molecule has 5 rings (SSSR count). The minimum absolute atomic E-state index is 0.00960. The first-order valence-electron chi connectivity index (χ1n) is 12.4. The van der Waals surface area contributed by atoms with Gasteiger partial charge in [0.1, 0.15) is 64.9 Å². The molecule has 2 aliphatic heterocycles. The van der Waals surface area contributed by atoms with Crippen LogP contribution in [0.2, 0.25) is 0 Å². The summed E-state index contributed by atoms with van der Waals surface area (Å²) < 4.78 is 28.7. The predicted molar refractivity (Wildman–Crippen MR) is 134 cm³/mol. The maximum atomic E-state index is 13.3. The molecule has 12 heteroatoms. The summed E-state index contributed by atoms with van der Waals surface area (Å²) in [6, 6.07) is 12.8. The number of aliphatic hydroxyl groups is 6. The van der Waals surface area contributed by atoms with Crippen LogP contribution in [0, 0.1) is 0 Å². The molecule has 10 unspecified atom stereocenters. The highest BCUT2D eigenvalue weighted by molar-refractivity contribution is 5.86. The quantitative estimate of drug-likeness (QED) is 0.249. The van der Waals surface area contributed by atoms with Gasteiger partial charge in [0, 0.05) is 23.8 Å². The van der Waals surface area contributed by atoms with Crippen molar-refractivity contribution in [1.29, 1.82) is 0 Å². The zero-order valence-electron chi connectivity index (χ0n) is 21.0. The average molecular weight is 547 g/mol. The lowest BCUT2D eigenvalue weighted by Crippen LogP contribution is -2.58. The first-order chi connectivity index (χ1) is 18.5. The molecule has 0 radical (unpaired) electrons. The van der Waals surface area contributed by atoms with Crippen LogP contribution in [0.25, 0.3) is 22.3 Å². The second-order valence-electron chi connectivity index (χ2n) is 9.73. The van der Waals surface area contributed by atoms with E-state index >= 15 is 0 Å². The Morgan fingerprint density at radius 1 is 0.692 bits per heavy atom. The zero-order valence-corrected chi connectivity index (χ0v) is 21.0. The second-order valence-corrected chi connectivity index (χ2v) is 9.73. The minimum Gasteiger partial charge on any atom is -0.462 e. The van der Waals surface area contributed by atoms with Crippen LogP contribution in [0.4, 0.5) is 0 Å². The maximum absolute atomic E-state index is 13.3. The third-order valence-electron chi connectivity index (χ3n) is 6.94. The first-order valence-corrected chi connectivity index (χ1v) is 12.4. The van der Waals surface area contributed by atoms with Gasteiger partial charge >= 0.3 is 0 Å². The number of ether oxygens (including phenoxy) is 4. The van der Waals surface area contributed by atoms with E-state index in [2.05, 4.69) is 0 Å². The van der Waals surface area contributed by atoms with Gasteiger partial charge in [-0.2, -0.15) is 0 Å². The van der Waals surface area contributed by atoms with Crippen LogP contribution >= 0.6 is 0 Å². The summed E-state index contributed by atoms with van der Waals surface area (Å²) in [5.41, 5.74) is 0.155. The lowest BCUT2D eigenvalue weighted by atomic mass is 10.00. The summed E-state index contributed by atoms with van der Waals surface area (Å²) >= 11 is 0. The van der Waals surface area contributed by atoms with Gasteiger partial charge in [0.05, 0.1) is 12.2 Å². The van der Waals surface area contributed by atoms with Crippen LogP contribution in [0.3, 0.4) is 0 Å². The molecule has 0 aliphatic carbocycles. The van der Waals surface area contributed by atoms with Crippen molar-refractivity contribution in [2.24, 2.45) is 0 Å². The van der Waals surface area contributed by atoms with Crippen molar-refractivity contribution in [1.82, 2.24) is 0 Å². The molecule has 39 heavy (non-hydrogen) atoms. The van der Waals surface area contributed by atoms with E-state index in [0.717, 1.165) is 0 Å². The number of fused-ring (bicyclic) bond motifs is 1. The molecule has 3 heterocycles. The molecule has 10 atom stereocenters. The number of rotatable bonds is 5. The topological polar surface area (TPSA) is 189 Å². The van der Waals surface area contributed by atoms with E-state index in [-0.39, 0.29) is 28.2 Å². The van der Waals surface area contributed by atoms with E-state index in [4.69, 9.17) is 23.4 Å². The van der Waals surface area contributed by atoms with E-state index in [0.29, 0.717) is 5.56 Å². The molecule has 2 aliphatic rings. The Kier molecular flexibility index (Phi) is 7.64. The number of hydrogen-bond acceptors (Lipinski definition) is 12. The van der Waals surface area contributed by atoms with Crippen LogP contribution in [-0.2, 0) is 9.47 Å². The molecule has 2 aromatic carbocycles. The molecule has 3 aromatic rings. The van der Waals surface area contributed by atoms with Gasteiger partial charge in [-0.3, -0.25) is 4.79 Å². The number of aliphatic hydroxyl groups excluding tert-OH is 6. The largest absolute Gasteiger partial charge is 0.462 e. The van der Waals surface area contributed by atoms with E-state index < -0.39 is 66.8 Å². The van der Waals surface area contributed by atoms with Crippen molar-refractivity contribution in [3.63, 3.8) is 0 Å². The fourth-order valence-electron chi connectivity index (χ4n) is 4.61. The first kappa shape index (κ1) is 27.5. The highest BCUT2D eigenvalue weighted by Gasteiger charge is 2.44. The number of benzene rings is 2. The minimum atomic E-state index is -1.66. The zero-order chi connectivity index (χ0) is 28.0. The normalized spacial score (nSPS) is 35.1. The van der Waals surface area contributed by atoms with Crippen molar-refractivity contribution in [3.05, 3.63) is 58.8 Å². The van der Waals surface area contributed by atoms with Gasteiger partial charge in [-0.25, -0.2) is 0 Å². The summed E-state index contributed by atoms with van der Waals surface area (Å²) in [6.07, 6.45) is -13.7. The fourth-order valence-corrected chi connectivity index (χ4v) is 4.61. The fraction of sp³-hybridized carbons (Fsp3) is 0.444. The van der Waals surface area contributed by atoms with Crippen LogP contribution in [-0.4, -0.2) is 92.1 Å². The lowest BCUT2D eigenvalue weighted by molar-refractivity contribution is -0.269. The third kappa shape index (κ3) is 5.25. The Morgan fingerprint density at radius 2 is 1.26 bits per heavy atom. The molecule has 0 amide bonds. The Morgan fingerprint density at radius 3 is 1.85 bits per heavy atom. The number of hydrogen-bond donors (Lipinski definition) is 6. The lowest BCUT2D eigenvalue weighted by Gasteiger charge is -2.39. The molecule has 0 bridgehead atoms. The molecule has 0 spiro atoms. The van der Waals surface area contributed by atoms with E-state index in [1.54, 1.807) is 24.3 Å². The third-order valence-corrected chi connectivity index (χ3v) is 6.94. The summed E-state index contributed by atoms with van der Waals surface area (Å²) in [5, 5.41) is 61.3. The maximum Gasteiger partial charge on any atom is 0.229 e. The molecule has 6 N–H and O–H groups in total. The molecule has 0 saturated carbocycles. The molecular formula is C27H30O12. The van der Waals surface area contributed by atoms with E-state index in [1.807, 2.05) is 6.07 Å². The molecule has 2 fully saturated rings.